The van der Waals surface area contributed by atoms with E-state index >= 15 is 0 Å². The summed E-state index contributed by atoms with van der Waals surface area (Å²) in [7, 11) is 1.57. The summed E-state index contributed by atoms with van der Waals surface area (Å²) in [6.07, 6.45) is 72.2. The van der Waals surface area contributed by atoms with Crippen LogP contribution in [0, 0.1) is 0 Å². The number of phosphoric ester groups is 1. The lowest BCUT2D eigenvalue weighted by atomic mass is 10.0. The van der Waals surface area contributed by atoms with Crippen LogP contribution in [0.5, 0.6) is 0 Å². The number of amides is 1. The fourth-order valence-electron chi connectivity index (χ4n) is 9.89. The number of likely N-dealkylation sites (N-methyl/N-ethyl adjacent to an activating group) is 1. The van der Waals surface area contributed by atoms with Gasteiger partial charge in [0, 0.05) is 6.42 Å². The third-order valence-electron chi connectivity index (χ3n) is 14.9. The Bertz CT molecular complexity index is 1240. The van der Waals surface area contributed by atoms with Crippen molar-refractivity contribution in [2.24, 2.45) is 0 Å². The van der Waals surface area contributed by atoms with E-state index < -0.39 is 20.0 Å². The van der Waals surface area contributed by atoms with Crippen LogP contribution in [0.1, 0.15) is 328 Å². The minimum atomic E-state index is -4.34. The van der Waals surface area contributed by atoms with Crippen molar-refractivity contribution < 1.29 is 32.9 Å². The zero-order valence-electron chi connectivity index (χ0n) is 49.7. The van der Waals surface area contributed by atoms with Gasteiger partial charge in [-0.2, -0.15) is 0 Å². The summed E-state index contributed by atoms with van der Waals surface area (Å²) in [6, 6.07) is -0.858. The molecule has 0 radical (unpaired) electrons. The Morgan fingerprint density at radius 3 is 1.10 bits per heavy atom. The molecule has 0 aromatic carbocycles. The smallest absolute Gasteiger partial charge is 0.387 e. The van der Waals surface area contributed by atoms with Crippen molar-refractivity contribution >= 4 is 13.7 Å². The molecular formula is C64H128N2O6P+. The molecule has 0 rings (SSSR count). The van der Waals surface area contributed by atoms with E-state index in [9.17, 15) is 19.4 Å². The largest absolute Gasteiger partial charge is 0.472 e. The predicted octanol–water partition coefficient (Wildman–Crippen LogP) is 19.9. The average Bonchev–Trinajstić information content (AvgIpc) is 3.35. The van der Waals surface area contributed by atoms with Crippen LogP contribution in [0.3, 0.4) is 0 Å². The Kier molecular flexibility index (Phi) is 54.9. The summed E-state index contributed by atoms with van der Waals surface area (Å²) in [6.45, 7) is 4.79. The summed E-state index contributed by atoms with van der Waals surface area (Å²) < 4.78 is 23.6. The predicted molar refractivity (Wildman–Crippen MR) is 318 cm³/mol. The Morgan fingerprint density at radius 2 is 0.753 bits per heavy atom. The fourth-order valence-corrected chi connectivity index (χ4v) is 10.6. The van der Waals surface area contributed by atoms with Gasteiger partial charge >= 0.3 is 7.82 Å². The van der Waals surface area contributed by atoms with Gasteiger partial charge in [-0.05, 0) is 32.1 Å². The van der Waals surface area contributed by atoms with Gasteiger partial charge < -0.3 is 19.8 Å². The first kappa shape index (κ1) is 72.0. The lowest BCUT2D eigenvalue weighted by Gasteiger charge is -2.25. The molecule has 0 aromatic rings. The van der Waals surface area contributed by atoms with Crippen molar-refractivity contribution in [1.29, 1.82) is 0 Å². The second-order valence-corrected chi connectivity index (χ2v) is 24.9. The number of rotatable bonds is 60. The van der Waals surface area contributed by atoms with Crippen molar-refractivity contribution in [2.75, 3.05) is 40.9 Å². The van der Waals surface area contributed by atoms with Crippen molar-refractivity contribution in [3.63, 3.8) is 0 Å². The number of hydrogen-bond acceptors (Lipinski definition) is 5. The summed E-state index contributed by atoms with van der Waals surface area (Å²) in [5, 5.41) is 13.8. The van der Waals surface area contributed by atoms with Crippen LogP contribution < -0.4 is 5.32 Å². The van der Waals surface area contributed by atoms with Crippen LogP contribution in [0.25, 0.3) is 0 Å². The van der Waals surface area contributed by atoms with Crippen molar-refractivity contribution in [3.05, 3.63) is 24.3 Å². The van der Waals surface area contributed by atoms with Crippen molar-refractivity contribution in [3.8, 4) is 0 Å². The van der Waals surface area contributed by atoms with Gasteiger partial charge in [-0.1, -0.05) is 314 Å². The summed E-state index contributed by atoms with van der Waals surface area (Å²) in [5.74, 6) is -0.183. The fraction of sp³-hybridized carbons (Fsp3) is 0.922. The standard InChI is InChI=1S/C64H127N2O6P/c1-6-8-10-12-14-16-18-19-20-21-22-23-24-25-26-27-28-29-30-31-32-33-34-35-36-37-38-39-40-41-42-43-44-45-46-47-48-50-52-54-56-58-64(68)65-62(61-72-73(69,70)71-60-59-66(3,4)5)63(67)57-55-53-51-49-17-15-13-11-9-7-2/h17,49,55,57,62-63,67H,6-16,18-48,50-54,56,58-61H2,1-5H3,(H-,65,68,69,70)/p+1/b49-17+,57-55+. The highest BCUT2D eigenvalue weighted by Crippen LogP contribution is 2.43. The molecule has 434 valence electrons. The van der Waals surface area contributed by atoms with E-state index in [1.54, 1.807) is 6.08 Å². The summed E-state index contributed by atoms with van der Waals surface area (Å²) >= 11 is 0. The quantitative estimate of drug-likeness (QED) is 0.0243. The molecule has 1 amide bonds. The summed E-state index contributed by atoms with van der Waals surface area (Å²) in [5.41, 5.74) is 0. The number of quaternary nitrogens is 1. The van der Waals surface area contributed by atoms with E-state index in [0.29, 0.717) is 17.4 Å². The van der Waals surface area contributed by atoms with Crippen LogP contribution in [0.15, 0.2) is 24.3 Å². The number of aliphatic hydroxyl groups is 1. The van der Waals surface area contributed by atoms with Gasteiger partial charge in [0.15, 0.2) is 0 Å². The van der Waals surface area contributed by atoms with E-state index in [1.807, 2.05) is 27.2 Å². The Labute approximate surface area is 455 Å². The van der Waals surface area contributed by atoms with Gasteiger partial charge in [0.1, 0.15) is 13.2 Å². The first-order valence-corrected chi connectivity index (χ1v) is 33.7. The second kappa shape index (κ2) is 55.7. The molecule has 0 fully saturated rings. The topological polar surface area (TPSA) is 105 Å². The number of carbonyl (C=O) groups excluding carboxylic acids is 1. The van der Waals surface area contributed by atoms with Gasteiger partial charge in [-0.15, -0.1) is 0 Å². The minimum absolute atomic E-state index is 0.0582. The molecule has 0 aliphatic heterocycles. The average molecular weight is 1050 g/mol. The number of aliphatic hydroxyl groups excluding tert-OH is 1. The van der Waals surface area contributed by atoms with Crippen molar-refractivity contribution in [2.45, 2.75) is 341 Å². The molecule has 9 heteroatoms. The van der Waals surface area contributed by atoms with Crippen LogP contribution >= 0.6 is 7.82 Å². The number of hydrogen-bond donors (Lipinski definition) is 3. The van der Waals surface area contributed by atoms with E-state index in [-0.39, 0.29) is 19.1 Å². The van der Waals surface area contributed by atoms with Crippen LogP contribution in [0.4, 0.5) is 0 Å². The Morgan fingerprint density at radius 1 is 0.452 bits per heavy atom. The maximum Gasteiger partial charge on any atom is 0.472 e. The highest BCUT2D eigenvalue weighted by atomic mass is 31.2. The SMILES string of the molecule is CCCCCC/C=C/CC/C=C/C(O)C(COP(=O)(O)OCC[N+](C)(C)C)NC(=O)CCCCCCCCCCCCCCCCCCCCCCCCCCCCCCCCCCCCCCCCCCC. The maximum atomic E-state index is 12.9. The molecule has 3 N–H and O–H groups in total. The van der Waals surface area contributed by atoms with Crippen LogP contribution in [-0.4, -0.2) is 73.4 Å². The Balaban J connectivity index is 3.74. The third-order valence-corrected chi connectivity index (χ3v) is 15.9. The highest BCUT2D eigenvalue weighted by molar-refractivity contribution is 7.47. The van der Waals surface area contributed by atoms with Gasteiger partial charge in [0.05, 0.1) is 39.9 Å². The van der Waals surface area contributed by atoms with E-state index in [0.717, 1.165) is 38.5 Å². The van der Waals surface area contributed by atoms with Gasteiger partial charge in [-0.25, -0.2) is 4.57 Å². The van der Waals surface area contributed by atoms with Gasteiger partial charge in [0.25, 0.3) is 0 Å². The molecule has 0 spiro atoms. The number of unbranched alkanes of at least 4 members (excludes halogenated alkanes) is 45. The molecule has 0 bridgehead atoms. The molecule has 0 aliphatic rings. The molecule has 0 heterocycles. The van der Waals surface area contributed by atoms with Crippen LogP contribution in [-0.2, 0) is 18.4 Å². The number of carbonyl (C=O) groups is 1. The number of nitrogens with one attached hydrogen (secondary N) is 1. The molecule has 73 heavy (non-hydrogen) atoms. The lowest BCUT2D eigenvalue weighted by molar-refractivity contribution is -0.870. The van der Waals surface area contributed by atoms with Gasteiger partial charge in [-0.3, -0.25) is 13.8 Å². The molecule has 3 atom stereocenters. The number of allylic oxidation sites excluding steroid dienone is 3. The van der Waals surface area contributed by atoms with Crippen LogP contribution in [0.2, 0.25) is 0 Å². The molecular weight excluding hydrogens is 924 g/mol. The first-order valence-electron chi connectivity index (χ1n) is 32.2. The zero-order valence-corrected chi connectivity index (χ0v) is 50.5. The first-order chi connectivity index (χ1) is 35.5. The number of nitrogens with zero attached hydrogens (tertiary/aromatic N) is 1. The molecule has 0 saturated carbocycles. The van der Waals surface area contributed by atoms with E-state index in [4.69, 9.17) is 9.05 Å². The minimum Gasteiger partial charge on any atom is -0.387 e. The molecule has 0 aliphatic carbocycles. The van der Waals surface area contributed by atoms with Crippen molar-refractivity contribution in [1.82, 2.24) is 5.32 Å². The van der Waals surface area contributed by atoms with Gasteiger partial charge in [0.2, 0.25) is 5.91 Å². The Hall–Kier alpha value is -1.02. The lowest BCUT2D eigenvalue weighted by Crippen LogP contribution is -2.45. The third kappa shape index (κ3) is 58.5. The summed E-state index contributed by atoms with van der Waals surface area (Å²) in [4.78, 5) is 23.2. The second-order valence-electron chi connectivity index (χ2n) is 23.5. The zero-order chi connectivity index (χ0) is 53.5. The van der Waals surface area contributed by atoms with E-state index in [2.05, 4.69) is 31.3 Å². The molecule has 8 nitrogen and oxygen atoms in total. The maximum absolute atomic E-state index is 12.9. The van der Waals surface area contributed by atoms with E-state index in [1.165, 1.54) is 270 Å². The molecule has 3 unspecified atom stereocenters. The normalized spacial score (nSPS) is 13.9. The molecule has 0 saturated heterocycles. The molecule has 0 aromatic heterocycles. The monoisotopic (exact) mass is 1050 g/mol. The number of phosphoric acid groups is 1. The highest BCUT2D eigenvalue weighted by Gasteiger charge is 2.27.